The zero-order valence-corrected chi connectivity index (χ0v) is 12.1. The second kappa shape index (κ2) is 8.00. The summed E-state index contributed by atoms with van der Waals surface area (Å²) in [7, 11) is 0. The van der Waals surface area contributed by atoms with Gasteiger partial charge in [-0.15, -0.1) is 12.4 Å². The minimum atomic E-state index is 0. The van der Waals surface area contributed by atoms with Crippen molar-refractivity contribution in [2.45, 2.75) is 63.8 Å². The maximum atomic E-state index is 11.9. The standard InChI is InChI=1S/C14H26N2O.ClH/c15-13-9-10-16(11-13)14(17)8-4-7-12-5-2-1-3-6-12;/h12-13H,1-11,15H2;1H/t13-;/m1./s1. The third-order valence-corrected chi connectivity index (χ3v) is 4.31. The maximum absolute atomic E-state index is 11.9. The highest BCUT2D eigenvalue weighted by atomic mass is 35.5. The minimum Gasteiger partial charge on any atom is -0.341 e. The fourth-order valence-corrected chi connectivity index (χ4v) is 3.19. The molecule has 2 N–H and O–H groups in total. The summed E-state index contributed by atoms with van der Waals surface area (Å²) in [5.74, 6) is 1.23. The van der Waals surface area contributed by atoms with Gasteiger partial charge >= 0.3 is 0 Å². The molecule has 2 fully saturated rings. The molecule has 1 aliphatic carbocycles. The van der Waals surface area contributed by atoms with Crippen LogP contribution in [0.15, 0.2) is 0 Å². The molecule has 3 nitrogen and oxygen atoms in total. The lowest BCUT2D eigenvalue weighted by atomic mass is 9.86. The predicted molar refractivity (Wildman–Crippen MR) is 76.8 cm³/mol. The van der Waals surface area contributed by atoms with E-state index in [-0.39, 0.29) is 18.4 Å². The zero-order chi connectivity index (χ0) is 12.1. The lowest BCUT2D eigenvalue weighted by Gasteiger charge is -2.22. The van der Waals surface area contributed by atoms with E-state index in [1.54, 1.807) is 0 Å². The fourth-order valence-electron chi connectivity index (χ4n) is 3.19. The van der Waals surface area contributed by atoms with Gasteiger partial charge in [-0.3, -0.25) is 4.79 Å². The number of hydrogen-bond donors (Lipinski definition) is 1. The topological polar surface area (TPSA) is 46.3 Å². The molecule has 1 aliphatic heterocycles. The van der Waals surface area contributed by atoms with E-state index in [0.717, 1.165) is 38.3 Å². The second-order valence-corrected chi connectivity index (χ2v) is 5.78. The van der Waals surface area contributed by atoms with Gasteiger partial charge in [0.2, 0.25) is 5.91 Å². The Labute approximate surface area is 117 Å². The molecule has 0 aromatic carbocycles. The van der Waals surface area contributed by atoms with Crippen LogP contribution in [-0.4, -0.2) is 29.9 Å². The van der Waals surface area contributed by atoms with Gasteiger partial charge in [0.25, 0.3) is 0 Å². The molecule has 0 bridgehead atoms. The highest BCUT2D eigenvalue weighted by Crippen LogP contribution is 2.27. The zero-order valence-electron chi connectivity index (χ0n) is 11.3. The summed E-state index contributed by atoms with van der Waals surface area (Å²) < 4.78 is 0. The number of nitrogens with two attached hydrogens (primary N) is 1. The molecule has 0 radical (unpaired) electrons. The van der Waals surface area contributed by atoms with Crippen LogP contribution in [0.2, 0.25) is 0 Å². The van der Waals surface area contributed by atoms with Gasteiger partial charge in [-0.05, 0) is 25.2 Å². The summed E-state index contributed by atoms with van der Waals surface area (Å²) in [6.07, 6.45) is 11.1. The Kier molecular flexibility index (Phi) is 7.02. The first-order chi connectivity index (χ1) is 8.25. The molecule has 1 saturated heterocycles. The number of carbonyl (C=O) groups is 1. The van der Waals surface area contributed by atoms with Crippen LogP contribution in [0.4, 0.5) is 0 Å². The quantitative estimate of drug-likeness (QED) is 0.857. The largest absolute Gasteiger partial charge is 0.341 e. The Morgan fingerprint density at radius 3 is 2.50 bits per heavy atom. The molecule has 2 rings (SSSR count). The van der Waals surface area contributed by atoms with Crippen molar-refractivity contribution < 1.29 is 4.79 Å². The van der Waals surface area contributed by atoms with Crippen LogP contribution in [0.5, 0.6) is 0 Å². The number of carbonyl (C=O) groups excluding carboxylic acids is 1. The van der Waals surface area contributed by atoms with Crippen LogP contribution in [0.3, 0.4) is 0 Å². The van der Waals surface area contributed by atoms with Crippen LogP contribution in [0.1, 0.15) is 57.8 Å². The number of rotatable bonds is 4. The van der Waals surface area contributed by atoms with Crippen molar-refractivity contribution in [1.29, 1.82) is 0 Å². The van der Waals surface area contributed by atoms with Gasteiger partial charge in [0.15, 0.2) is 0 Å². The molecule has 4 heteroatoms. The third kappa shape index (κ3) is 4.77. The van der Waals surface area contributed by atoms with E-state index in [4.69, 9.17) is 5.73 Å². The molecule has 18 heavy (non-hydrogen) atoms. The fraction of sp³-hybridized carbons (Fsp3) is 0.929. The molecular formula is C14H27ClN2O. The Morgan fingerprint density at radius 2 is 1.89 bits per heavy atom. The predicted octanol–water partition coefficient (Wildman–Crippen LogP) is 2.72. The molecule has 0 spiro atoms. The van der Waals surface area contributed by atoms with Gasteiger partial charge < -0.3 is 10.6 Å². The monoisotopic (exact) mass is 274 g/mol. The van der Waals surface area contributed by atoms with E-state index in [9.17, 15) is 4.79 Å². The Bertz CT molecular complexity index is 254. The first-order valence-corrected chi connectivity index (χ1v) is 7.29. The first-order valence-electron chi connectivity index (χ1n) is 7.29. The smallest absolute Gasteiger partial charge is 0.222 e. The lowest BCUT2D eigenvalue weighted by Crippen LogP contribution is -2.31. The van der Waals surface area contributed by atoms with E-state index < -0.39 is 0 Å². The highest BCUT2D eigenvalue weighted by molar-refractivity contribution is 5.85. The highest BCUT2D eigenvalue weighted by Gasteiger charge is 2.23. The van der Waals surface area contributed by atoms with Gasteiger partial charge in [-0.1, -0.05) is 32.1 Å². The van der Waals surface area contributed by atoms with E-state index in [1.165, 1.54) is 38.5 Å². The molecule has 1 heterocycles. The Balaban J connectivity index is 0.00000162. The SMILES string of the molecule is Cl.N[C@@H]1CCN(C(=O)CCCC2CCCCC2)C1. The van der Waals surface area contributed by atoms with E-state index in [0.29, 0.717) is 5.91 Å². The van der Waals surface area contributed by atoms with Gasteiger partial charge in [-0.25, -0.2) is 0 Å². The van der Waals surface area contributed by atoms with Crippen molar-refractivity contribution >= 4 is 18.3 Å². The molecule has 1 atom stereocenters. The van der Waals surface area contributed by atoms with Crippen molar-refractivity contribution in [3.8, 4) is 0 Å². The number of nitrogens with zero attached hydrogens (tertiary/aromatic N) is 1. The molecule has 1 saturated carbocycles. The maximum Gasteiger partial charge on any atom is 0.222 e. The number of likely N-dealkylation sites (tertiary alicyclic amines) is 1. The van der Waals surface area contributed by atoms with Crippen molar-refractivity contribution in [1.82, 2.24) is 4.90 Å². The van der Waals surface area contributed by atoms with E-state index in [1.807, 2.05) is 4.90 Å². The van der Waals surface area contributed by atoms with Crippen LogP contribution in [0, 0.1) is 5.92 Å². The summed E-state index contributed by atoms with van der Waals surface area (Å²) in [6.45, 7) is 1.66. The third-order valence-electron chi connectivity index (χ3n) is 4.31. The molecule has 106 valence electrons. The van der Waals surface area contributed by atoms with Gasteiger partial charge in [0.1, 0.15) is 0 Å². The summed E-state index contributed by atoms with van der Waals surface area (Å²) in [5, 5.41) is 0. The van der Waals surface area contributed by atoms with Gasteiger partial charge in [-0.2, -0.15) is 0 Å². The van der Waals surface area contributed by atoms with E-state index in [2.05, 4.69) is 0 Å². The first kappa shape index (κ1) is 15.8. The Hall–Kier alpha value is -0.280. The summed E-state index contributed by atoms with van der Waals surface area (Å²) in [6, 6.07) is 0.220. The van der Waals surface area contributed by atoms with Gasteiger partial charge in [0.05, 0.1) is 0 Å². The molecular weight excluding hydrogens is 248 g/mol. The van der Waals surface area contributed by atoms with Gasteiger partial charge in [0, 0.05) is 25.6 Å². The second-order valence-electron chi connectivity index (χ2n) is 5.78. The van der Waals surface area contributed by atoms with Crippen molar-refractivity contribution in [3.05, 3.63) is 0 Å². The number of hydrogen-bond acceptors (Lipinski definition) is 2. The molecule has 0 aromatic rings. The summed E-state index contributed by atoms with van der Waals surface area (Å²) in [4.78, 5) is 13.9. The number of amides is 1. The van der Waals surface area contributed by atoms with E-state index >= 15 is 0 Å². The molecule has 0 unspecified atom stereocenters. The lowest BCUT2D eigenvalue weighted by molar-refractivity contribution is -0.130. The number of halogens is 1. The summed E-state index contributed by atoms with van der Waals surface area (Å²) in [5.41, 5.74) is 5.81. The Morgan fingerprint density at radius 1 is 1.17 bits per heavy atom. The van der Waals surface area contributed by atoms with Crippen molar-refractivity contribution in [3.63, 3.8) is 0 Å². The van der Waals surface area contributed by atoms with Crippen molar-refractivity contribution in [2.24, 2.45) is 11.7 Å². The molecule has 0 aromatic heterocycles. The van der Waals surface area contributed by atoms with Crippen LogP contribution in [0.25, 0.3) is 0 Å². The average Bonchev–Trinajstić information content (AvgIpc) is 2.77. The van der Waals surface area contributed by atoms with Crippen LogP contribution < -0.4 is 5.73 Å². The normalized spacial score (nSPS) is 24.9. The van der Waals surface area contributed by atoms with Crippen LogP contribution in [-0.2, 0) is 4.79 Å². The molecule has 1 amide bonds. The van der Waals surface area contributed by atoms with Crippen molar-refractivity contribution in [2.75, 3.05) is 13.1 Å². The molecule has 2 aliphatic rings. The average molecular weight is 275 g/mol. The van der Waals surface area contributed by atoms with Crippen LogP contribution >= 0.6 is 12.4 Å². The summed E-state index contributed by atoms with van der Waals surface area (Å²) >= 11 is 0. The minimum absolute atomic E-state index is 0.